The molecular formula is C28H30IN5O4. The van der Waals surface area contributed by atoms with Gasteiger partial charge in [-0.1, -0.05) is 24.3 Å². The molecule has 4 aromatic rings. The van der Waals surface area contributed by atoms with Crippen molar-refractivity contribution in [3.63, 3.8) is 0 Å². The van der Waals surface area contributed by atoms with E-state index in [0.717, 1.165) is 37.3 Å². The Labute approximate surface area is 238 Å². The highest BCUT2D eigenvalue weighted by molar-refractivity contribution is 5.94. The van der Waals surface area contributed by atoms with E-state index in [4.69, 9.17) is 4.74 Å². The number of hydrogen-bond donors (Lipinski definition) is 3. The minimum absolute atomic E-state index is 0. The first-order valence-electron chi connectivity index (χ1n) is 12.3. The van der Waals surface area contributed by atoms with Crippen molar-refractivity contribution in [3.8, 4) is 40.0 Å². The van der Waals surface area contributed by atoms with Crippen LogP contribution in [-0.4, -0.2) is 81.8 Å². The van der Waals surface area contributed by atoms with Gasteiger partial charge in [0.05, 0.1) is 50.2 Å². The first-order chi connectivity index (χ1) is 17.9. The Kier molecular flexibility index (Phi) is 8.65. The average molecular weight is 627 g/mol. The van der Waals surface area contributed by atoms with Gasteiger partial charge in [-0.2, -0.15) is 0 Å². The summed E-state index contributed by atoms with van der Waals surface area (Å²) in [5.74, 6) is 0.714. The SMILES string of the molecule is C[N+]1(CCNC(=O)c2ccc(-n3nc(-c4ccccc4O)nc3-c3ccccc3O)cc2)CCOCC1.[I-]. The third-order valence-corrected chi connectivity index (χ3v) is 6.76. The van der Waals surface area contributed by atoms with Gasteiger partial charge in [0.2, 0.25) is 0 Å². The highest BCUT2D eigenvalue weighted by atomic mass is 127. The minimum Gasteiger partial charge on any atom is -1.00 e. The number of aromatic hydroxyl groups is 2. The number of phenols is 2. The zero-order valence-corrected chi connectivity index (χ0v) is 23.2. The molecule has 0 atom stereocenters. The molecule has 3 aromatic carbocycles. The standard InChI is InChI=1S/C28H29N5O4.HI/c1-33(16-18-37-19-17-33)15-14-29-28(36)20-10-12-21(13-11-20)32-27(23-7-3-5-9-25(23)35)30-26(31-32)22-6-2-4-8-24(22)34;/h2-13H,14-19H2,1H3,(H2-,29,30,31,34,35,36);1H. The van der Waals surface area contributed by atoms with Gasteiger partial charge in [-0.25, -0.2) is 9.67 Å². The Hall–Kier alpha value is -3.48. The monoisotopic (exact) mass is 627 g/mol. The fraction of sp³-hybridized carbons (Fsp3) is 0.250. The van der Waals surface area contributed by atoms with E-state index in [1.165, 1.54) is 0 Å². The number of carbonyl (C=O) groups is 1. The Morgan fingerprint density at radius 3 is 2.18 bits per heavy atom. The van der Waals surface area contributed by atoms with Crippen molar-refractivity contribution in [1.82, 2.24) is 20.1 Å². The van der Waals surface area contributed by atoms with Crippen LogP contribution in [0.15, 0.2) is 72.8 Å². The summed E-state index contributed by atoms with van der Waals surface area (Å²) in [5.41, 5.74) is 2.18. The second kappa shape index (κ2) is 11.9. The van der Waals surface area contributed by atoms with Crippen LogP contribution in [0.1, 0.15) is 10.4 Å². The van der Waals surface area contributed by atoms with E-state index in [2.05, 4.69) is 22.4 Å². The van der Waals surface area contributed by atoms with Gasteiger partial charge in [-0.05, 0) is 48.5 Å². The van der Waals surface area contributed by atoms with E-state index in [1.54, 1.807) is 77.5 Å². The number of halogens is 1. The molecule has 9 nitrogen and oxygen atoms in total. The number of carbonyl (C=O) groups excluding carboxylic acids is 1. The van der Waals surface area contributed by atoms with Crippen LogP contribution < -0.4 is 29.3 Å². The van der Waals surface area contributed by atoms with Gasteiger partial charge in [0.15, 0.2) is 11.6 Å². The van der Waals surface area contributed by atoms with Gasteiger partial charge in [-0.15, -0.1) is 5.10 Å². The molecule has 0 bridgehead atoms. The van der Waals surface area contributed by atoms with Crippen LogP contribution in [0.5, 0.6) is 11.5 Å². The average Bonchev–Trinajstić information content (AvgIpc) is 3.34. The Bertz CT molecular complexity index is 1400. The van der Waals surface area contributed by atoms with E-state index in [-0.39, 0.29) is 41.4 Å². The van der Waals surface area contributed by atoms with Crippen molar-refractivity contribution in [2.45, 2.75) is 0 Å². The number of amides is 1. The van der Waals surface area contributed by atoms with Crippen molar-refractivity contribution in [1.29, 1.82) is 0 Å². The molecule has 5 rings (SSSR count). The van der Waals surface area contributed by atoms with Gasteiger partial charge in [0, 0.05) is 5.56 Å². The molecule has 1 saturated heterocycles. The first-order valence-corrected chi connectivity index (χ1v) is 12.3. The van der Waals surface area contributed by atoms with Crippen LogP contribution in [0.2, 0.25) is 0 Å². The number of benzene rings is 3. The van der Waals surface area contributed by atoms with Crippen LogP contribution >= 0.6 is 0 Å². The molecule has 1 amide bonds. The number of rotatable bonds is 7. The lowest BCUT2D eigenvalue weighted by atomic mass is 10.1. The normalized spacial score (nSPS) is 14.4. The minimum atomic E-state index is -0.138. The van der Waals surface area contributed by atoms with Gasteiger partial charge < -0.3 is 48.7 Å². The predicted molar refractivity (Wildman–Crippen MR) is 139 cm³/mol. The van der Waals surface area contributed by atoms with E-state index < -0.39 is 0 Å². The fourth-order valence-corrected chi connectivity index (χ4v) is 4.41. The van der Waals surface area contributed by atoms with Crippen LogP contribution in [0.25, 0.3) is 28.5 Å². The molecule has 10 heteroatoms. The summed E-state index contributed by atoms with van der Waals surface area (Å²) in [6.45, 7) is 4.84. The van der Waals surface area contributed by atoms with Crippen LogP contribution in [0.4, 0.5) is 0 Å². The fourth-order valence-electron chi connectivity index (χ4n) is 4.41. The third-order valence-electron chi connectivity index (χ3n) is 6.76. The van der Waals surface area contributed by atoms with Gasteiger partial charge in [0.25, 0.3) is 5.91 Å². The molecule has 0 spiro atoms. The van der Waals surface area contributed by atoms with Crippen molar-refractivity contribution in [3.05, 3.63) is 78.4 Å². The summed E-state index contributed by atoms with van der Waals surface area (Å²) in [6.07, 6.45) is 0. The maximum atomic E-state index is 12.8. The van der Waals surface area contributed by atoms with E-state index in [9.17, 15) is 15.0 Å². The number of para-hydroxylation sites is 2. The third kappa shape index (κ3) is 5.98. The summed E-state index contributed by atoms with van der Waals surface area (Å²) in [7, 11) is 2.19. The van der Waals surface area contributed by atoms with Crippen LogP contribution in [0.3, 0.4) is 0 Å². The van der Waals surface area contributed by atoms with Crippen molar-refractivity contribution < 1.29 is 48.2 Å². The Morgan fingerprint density at radius 1 is 0.947 bits per heavy atom. The molecule has 38 heavy (non-hydrogen) atoms. The second-order valence-corrected chi connectivity index (χ2v) is 9.41. The molecule has 198 valence electrons. The maximum Gasteiger partial charge on any atom is 0.251 e. The lowest BCUT2D eigenvalue weighted by Crippen LogP contribution is -3.00. The molecule has 1 aliphatic rings. The lowest BCUT2D eigenvalue weighted by molar-refractivity contribution is -0.915. The number of likely N-dealkylation sites (N-methyl/N-ethyl adjacent to an activating group) is 1. The molecule has 3 N–H and O–H groups in total. The van der Waals surface area contributed by atoms with Crippen LogP contribution in [-0.2, 0) is 4.74 Å². The maximum absolute atomic E-state index is 12.8. The number of phenolic OH excluding ortho intramolecular Hbond substituents is 2. The largest absolute Gasteiger partial charge is 1.00 e. The molecule has 1 aromatic heterocycles. The van der Waals surface area contributed by atoms with E-state index in [1.807, 2.05) is 0 Å². The number of ether oxygens (including phenoxy) is 1. The quantitative estimate of drug-likeness (QED) is 0.200. The highest BCUT2D eigenvalue weighted by Crippen LogP contribution is 2.33. The number of quaternary nitrogens is 1. The molecule has 0 aliphatic carbocycles. The van der Waals surface area contributed by atoms with Crippen LogP contribution in [0, 0.1) is 0 Å². The van der Waals surface area contributed by atoms with E-state index in [0.29, 0.717) is 40.6 Å². The zero-order chi connectivity index (χ0) is 25.8. The topological polar surface area (TPSA) is 110 Å². The molecule has 0 radical (unpaired) electrons. The zero-order valence-electron chi connectivity index (χ0n) is 21.0. The van der Waals surface area contributed by atoms with Gasteiger partial charge in [-0.3, -0.25) is 4.79 Å². The Balaban J connectivity index is 0.00000336. The smallest absolute Gasteiger partial charge is 0.251 e. The predicted octanol–water partition coefficient (Wildman–Crippen LogP) is 0.223. The summed E-state index contributed by atoms with van der Waals surface area (Å²) in [6, 6.07) is 20.8. The summed E-state index contributed by atoms with van der Waals surface area (Å²) in [4.78, 5) is 17.4. The summed E-state index contributed by atoms with van der Waals surface area (Å²) >= 11 is 0. The highest BCUT2D eigenvalue weighted by Gasteiger charge is 2.25. The molecule has 1 fully saturated rings. The number of aromatic nitrogens is 3. The number of nitrogens with zero attached hydrogens (tertiary/aromatic N) is 4. The molecule has 2 heterocycles. The molecule has 1 aliphatic heterocycles. The van der Waals surface area contributed by atoms with Gasteiger partial charge >= 0.3 is 0 Å². The Morgan fingerprint density at radius 2 is 1.55 bits per heavy atom. The number of morpholine rings is 1. The van der Waals surface area contributed by atoms with Crippen molar-refractivity contribution in [2.75, 3.05) is 46.4 Å². The van der Waals surface area contributed by atoms with E-state index >= 15 is 0 Å². The number of nitrogens with one attached hydrogen (secondary N) is 1. The van der Waals surface area contributed by atoms with Gasteiger partial charge in [0.1, 0.15) is 24.6 Å². The molecule has 0 unspecified atom stereocenters. The second-order valence-electron chi connectivity index (χ2n) is 9.41. The number of hydrogen-bond acceptors (Lipinski definition) is 6. The molecule has 0 saturated carbocycles. The summed E-state index contributed by atoms with van der Waals surface area (Å²) < 4.78 is 7.93. The summed E-state index contributed by atoms with van der Waals surface area (Å²) in [5, 5.41) is 28.5. The molecular weight excluding hydrogens is 597 g/mol. The first kappa shape index (κ1) is 27.6. The van der Waals surface area contributed by atoms with Crippen molar-refractivity contribution in [2.24, 2.45) is 0 Å². The van der Waals surface area contributed by atoms with Crippen molar-refractivity contribution >= 4 is 5.91 Å². The lowest BCUT2D eigenvalue weighted by Gasteiger charge is -2.37.